The van der Waals surface area contributed by atoms with Crippen LogP contribution in [0.25, 0.3) is 0 Å². The number of anilines is 2. The maximum atomic E-state index is 14.2. The predicted octanol–water partition coefficient (Wildman–Crippen LogP) is 3.09. The third-order valence-corrected chi connectivity index (χ3v) is 7.72. The summed E-state index contributed by atoms with van der Waals surface area (Å²) in [5.41, 5.74) is 1.12. The van der Waals surface area contributed by atoms with Crippen LogP contribution in [-0.2, 0) is 19.9 Å². The Balaban J connectivity index is 1.58. The number of rotatable bonds is 3. The number of hydrogen-bond donors (Lipinski definition) is 0. The zero-order valence-electron chi connectivity index (χ0n) is 17.8. The SMILES string of the molecule is C=CCN1C(=O)[C@]2(c3ccccc31)[C@@H]1C(=O)N(c3ccccc3)C(=O)[C@H]1[C@H]1CCCCN12. The van der Waals surface area contributed by atoms with Crippen LogP contribution in [0, 0.1) is 11.8 Å². The van der Waals surface area contributed by atoms with Crippen molar-refractivity contribution >= 4 is 29.1 Å². The van der Waals surface area contributed by atoms with Crippen LogP contribution in [0.3, 0.4) is 0 Å². The highest BCUT2D eigenvalue weighted by Crippen LogP contribution is 2.61. The van der Waals surface area contributed by atoms with E-state index in [1.807, 2.05) is 42.5 Å². The van der Waals surface area contributed by atoms with Crippen molar-refractivity contribution in [2.24, 2.45) is 11.8 Å². The van der Waals surface area contributed by atoms with Gasteiger partial charge in [0.05, 0.1) is 17.5 Å². The number of benzene rings is 2. The van der Waals surface area contributed by atoms with Crippen molar-refractivity contribution in [3.05, 3.63) is 72.8 Å². The summed E-state index contributed by atoms with van der Waals surface area (Å²) in [6, 6.07) is 16.7. The topological polar surface area (TPSA) is 60.9 Å². The lowest BCUT2D eigenvalue weighted by Gasteiger charge is -2.42. The van der Waals surface area contributed by atoms with E-state index >= 15 is 0 Å². The van der Waals surface area contributed by atoms with E-state index in [2.05, 4.69) is 11.5 Å². The summed E-state index contributed by atoms with van der Waals surface area (Å²) in [5.74, 6) is -1.77. The highest BCUT2D eigenvalue weighted by molar-refractivity contribution is 6.26. The third-order valence-electron chi connectivity index (χ3n) is 7.72. The van der Waals surface area contributed by atoms with Gasteiger partial charge in [-0.3, -0.25) is 19.3 Å². The zero-order chi connectivity index (χ0) is 22.0. The first-order valence-electron chi connectivity index (χ1n) is 11.3. The summed E-state index contributed by atoms with van der Waals surface area (Å²) in [4.78, 5) is 47.3. The molecule has 4 heterocycles. The molecule has 6 heteroatoms. The zero-order valence-corrected chi connectivity index (χ0v) is 17.8. The van der Waals surface area contributed by atoms with Gasteiger partial charge in [-0.05, 0) is 37.6 Å². The largest absolute Gasteiger partial charge is 0.306 e. The summed E-state index contributed by atoms with van der Waals surface area (Å²) in [6.07, 6.45) is 4.49. The minimum atomic E-state index is -1.13. The smallest absolute Gasteiger partial charge is 0.253 e. The van der Waals surface area contributed by atoms with E-state index < -0.39 is 17.4 Å². The lowest BCUT2D eigenvalue weighted by Crippen LogP contribution is -2.58. The van der Waals surface area contributed by atoms with Gasteiger partial charge < -0.3 is 4.90 Å². The fourth-order valence-electron chi connectivity index (χ4n) is 6.65. The molecule has 32 heavy (non-hydrogen) atoms. The molecule has 0 bridgehead atoms. The van der Waals surface area contributed by atoms with Gasteiger partial charge in [0.15, 0.2) is 0 Å². The molecule has 4 atom stereocenters. The van der Waals surface area contributed by atoms with E-state index in [1.54, 1.807) is 23.1 Å². The van der Waals surface area contributed by atoms with Gasteiger partial charge in [0.1, 0.15) is 5.54 Å². The molecular weight excluding hydrogens is 402 g/mol. The van der Waals surface area contributed by atoms with Gasteiger partial charge in [0.25, 0.3) is 5.91 Å². The third kappa shape index (κ3) is 2.20. The summed E-state index contributed by atoms with van der Waals surface area (Å²) < 4.78 is 0. The molecule has 2 aromatic rings. The minimum Gasteiger partial charge on any atom is -0.306 e. The molecule has 3 fully saturated rings. The molecule has 162 valence electrons. The molecule has 0 saturated carbocycles. The predicted molar refractivity (Wildman–Crippen MR) is 121 cm³/mol. The molecule has 0 aromatic heterocycles. The molecule has 6 rings (SSSR count). The molecule has 0 radical (unpaired) electrons. The van der Waals surface area contributed by atoms with E-state index in [9.17, 15) is 14.4 Å². The number of fused-ring (bicyclic) bond motifs is 7. The fourth-order valence-corrected chi connectivity index (χ4v) is 6.65. The first kappa shape index (κ1) is 19.4. The molecule has 4 aliphatic heterocycles. The lowest BCUT2D eigenvalue weighted by atomic mass is 9.76. The van der Waals surface area contributed by atoms with Crippen LogP contribution >= 0.6 is 0 Å². The fraction of sp³-hybridized carbons (Fsp3) is 0.346. The quantitative estimate of drug-likeness (QED) is 0.558. The summed E-state index contributed by atoms with van der Waals surface area (Å²) in [6.45, 7) is 4.92. The normalized spacial score (nSPS) is 31.2. The lowest BCUT2D eigenvalue weighted by molar-refractivity contribution is -0.138. The molecule has 3 saturated heterocycles. The first-order valence-corrected chi connectivity index (χ1v) is 11.3. The number of imide groups is 1. The van der Waals surface area contributed by atoms with Crippen LogP contribution in [0.5, 0.6) is 0 Å². The first-order chi connectivity index (χ1) is 15.6. The second kappa shape index (κ2) is 6.87. The molecule has 3 amide bonds. The van der Waals surface area contributed by atoms with Gasteiger partial charge in [-0.2, -0.15) is 0 Å². The van der Waals surface area contributed by atoms with Gasteiger partial charge in [0, 0.05) is 23.8 Å². The van der Waals surface area contributed by atoms with Crippen molar-refractivity contribution in [2.45, 2.75) is 30.8 Å². The van der Waals surface area contributed by atoms with E-state index in [4.69, 9.17) is 0 Å². The molecule has 0 unspecified atom stereocenters. The number of para-hydroxylation sites is 2. The molecule has 6 nitrogen and oxygen atoms in total. The molecule has 2 aromatic carbocycles. The highest BCUT2D eigenvalue weighted by atomic mass is 16.2. The number of piperidine rings is 1. The van der Waals surface area contributed by atoms with Crippen molar-refractivity contribution in [3.63, 3.8) is 0 Å². The number of carbonyl (C=O) groups excluding carboxylic acids is 3. The van der Waals surface area contributed by atoms with Crippen LogP contribution < -0.4 is 9.80 Å². The Kier molecular flexibility index (Phi) is 4.17. The molecule has 1 spiro atoms. The molecule has 4 aliphatic rings. The van der Waals surface area contributed by atoms with Gasteiger partial charge in [-0.15, -0.1) is 6.58 Å². The second-order valence-electron chi connectivity index (χ2n) is 9.10. The number of hydrogen-bond acceptors (Lipinski definition) is 4. The Bertz CT molecular complexity index is 1150. The maximum Gasteiger partial charge on any atom is 0.253 e. The Hall–Kier alpha value is -3.25. The van der Waals surface area contributed by atoms with Crippen LogP contribution in [0.4, 0.5) is 11.4 Å². The number of carbonyl (C=O) groups is 3. The molecular formula is C26H25N3O3. The van der Waals surface area contributed by atoms with Crippen molar-refractivity contribution in [3.8, 4) is 0 Å². The Labute approximate surface area is 187 Å². The van der Waals surface area contributed by atoms with E-state index in [-0.39, 0.29) is 23.8 Å². The maximum absolute atomic E-state index is 14.2. The van der Waals surface area contributed by atoms with E-state index in [1.165, 1.54) is 4.90 Å². The van der Waals surface area contributed by atoms with Crippen LogP contribution in [0.2, 0.25) is 0 Å². The van der Waals surface area contributed by atoms with Crippen molar-refractivity contribution in [1.29, 1.82) is 0 Å². The average Bonchev–Trinajstić information content (AvgIpc) is 3.37. The van der Waals surface area contributed by atoms with Gasteiger partial charge >= 0.3 is 0 Å². The highest BCUT2D eigenvalue weighted by Gasteiger charge is 2.75. The van der Waals surface area contributed by atoms with Gasteiger partial charge in [-0.1, -0.05) is 48.9 Å². The Morgan fingerprint density at radius 1 is 0.969 bits per heavy atom. The van der Waals surface area contributed by atoms with E-state index in [0.29, 0.717) is 18.8 Å². The molecule has 0 N–H and O–H groups in total. The van der Waals surface area contributed by atoms with Crippen molar-refractivity contribution < 1.29 is 14.4 Å². The van der Waals surface area contributed by atoms with Crippen molar-refractivity contribution in [2.75, 3.05) is 22.9 Å². The number of amides is 3. The van der Waals surface area contributed by atoms with Crippen LogP contribution in [0.1, 0.15) is 24.8 Å². The van der Waals surface area contributed by atoms with Crippen molar-refractivity contribution in [1.82, 2.24) is 4.90 Å². The Morgan fingerprint density at radius 2 is 1.72 bits per heavy atom. The average molecular weight is 428 g/mol. The standard InChI is InChI=1S/C26H25N3O3/c1-2-15-27-19-13-7-6-12-18(19)26(25(27)32)22-21(20-14-8-9-16-28(20)26)23(30)29(24(22)31)17-10-4-3-5-11-17/h2-7,10-13,20-22H,1,8-9,14-16H2/t20-,21+,22+,26+/m1/s1. The summed E-state index contributed by atoms with van der Waals surface area (Å²) in [5, 5.41) is 0. The van der Waals surface area contributed by atoms with Crippen LogP contribution in [-0.4, -0.2) is 41.8 Å². The second-order valence-corrected chi connectivity index (χ2v) is 9.10. The molecule has 0 aliphatic carbocycles. The van der Waals surface area contributed by atoms with E-state index in [0.717, 1.165) is 30.5 Å². The minimum absolute atomic E-state index is 0.103. The Morgan fingerprint density at radius 3 is 2.50 bits per heavy atom. The van der Waals surface area contributed by atoms with Gasteiger partial charge in [-0.25, -0.2) is 4.90 Å². The van der Waals surface area contributed by atoms with Gasteiger partial charge in [0.2, 0.25) is 11.8 Å². The van der Waals surface area contributed by atoms with Crippen LogP contribution in [0.15, 0.2) is 67.3 Å². The summed E-state index contributed by atoms with van der Waals surface area (Å²) in [7, 11) is 0. The summed E-state index contributed by atoms with van der Waals surface area (Å²) >= 11 is 0. The monoisotopic (exact) mass is 427 g/mol. The number of nitrogens with zero attached hydrogens (tertiary/aromatic N) is 3.